The number of benzene rings is 2. The van der Waals surface area contributed by atoms with Crippen molar-refractivity contribution in [1.82, 2.24) is 0 Å². The normalized spacial score (nSPS) is 10.8. The first-order valence-corrected chi connectivity index (χ1v) is 10.3. The summed E-state index contributed by atoms with van der Waals surface area (Å²) in [6.45, 7) is 3.37. The van der Waals surface area contributed by atoms with Gasteiger partial charge in [-0.2, -0.15) is 0 Å². The largest absolute Gasteiger partial charge is 0.385 e. The van der Waals surface area contributed by atoms with Crippen molar-refractivity contribution in [1.29, 1.82) is 0 Å². The first kappa shape index (κ1) is 19.6. The molecule has 0 aromatic heterocycles. The fourth-order valence-electron chi connectivity index (χ4n) is 3.26. The quantitative estimate of drug-likeness (QED) is 0.369. The summed E-state index contributed by atoms with van der Waals surface area (Å²) in [6, 6.07) is 19.4. The summed E-state index contributed by atoms with van der Waals surface area (Å²) in [5.41, 5.74) is 3.80. The van der Waals surface area contributed by atoms with Gasteiger partial charge >= 0.3 is 0 Å². The molecule has 1 nitrogen and oxygen atoms in total. The van der Waals surface area contributed by atoms with Crippen LogP contribution in [0.15, 0.2) is 54.6 Å². The highest BCUT2D eigenvalue weighted by atomic mass is 14.9. The molecule has 0 saturated carbocycles. The molecule has 1 N–H and O–H groups in total. The molecule has 0 saturated heterocycles. The van der Waals surface area contributed by atoms with E-state index in [4.69, 9.17) is 0 Å². The number of hydrogen-bond donors (Lipinski definition) is 1. The molecule has 0 spiro atoms. The highest BCUT2D eigenvalue weighted by Gasteiger charge is 1.97. The number of nitrogens with one attached hydrogen (secondary N) is 1. The van der Waals surface area contributed by atoms with Gasteiger partial charge in [0.15, 0.2) is 0 Å². The van der Waals surface area contributed by atoms with Gasteiger partial charge in [-0.3, -0.25) is 0 Å². The Hall–Kier alpha value is -1.76. The standard InChI is InChI=1S/C24H35N/c1-2-3-4-5-6-7-8-9-10-14-21-25-24-19-17-23(18-20-24)22-15-12-11-13-16-22/h11-13,15-20,25H,2-10,14,21H2,1H3. The van der Waals surface area contributed by atoms with Crippen LogP contribution in [0.25, 0.3) is 11.1 Å². The number of unbranched alkanes of at least 4 members (excludes halogenated alkanes) is 9. The van der Waals surface area contributed by atoms with Crippen molar-refractivity contribution < 1.29 is 0 Å². The SMILES string of the molecule is CCCCCCCCCCCCNc1ccc(-c2ccccc2)cc1. The summed E-state index contributed by atoms with van der Waals surface area (Å²) >= 11 is 0. The van der Waals surface area contributed by atoms with Crippen LogP contribution in [0.4, 0.5) is 5.69 Å². The van der Waals surface area contributed by atoms with Gasteiger partial charge in [-0.15, -0.1) is 0 Å². The Kier molecular flexibility index (Phi) is 9.84. The maximum atomic E-state index is 3.55. The lowest BCUT2D eigenvalue weighted by Crippen LogP contribution is -2.01. The average molecular weight is 338 g/mol. The molecule has 25 heavy (non-hydrogen) atoms. The molecule has 0 fully saturated rings. The lowest BCUT2D eigenvalue weighted by atomic mass is 10.1. The second-order valence-electron chi connectivity index (χ2n) is 7.05. The highest BCUT2D eigenvalue weighted by Crippen LogP contribution is 2.21. The van der Waals surface area contributed by atoms with Gasteiger partial charge in [-0.25, -0.2) is 0 Å². The molecule has 0 bridgehead atoms. The van der Waals surface area contributed by atoms with E-state index in [1.165, 1.54) is 81.0 Å². The van der Waals surface area contributed by atoms with Crippen LogP contribution in [0, 0.1) is 0 Å². The van der Waals surface area contributed by atoms with Crippen molar-refractivity contribution in [2.45, 2.75) is 71.1 Å². The topological polar surface area (TPSA) is 12.0 Å². The minimum atomic E-state index is 1.08. The Bertz CT molecular complexity index is 544. The van der Waals surface area contributed by atoms with Crippen molar-refractivity contribution in [3.05, 3.63) is 54.6 Å². The molecule has 0 aliphatic rings. The second kappa shape index (κ2) is 12.6. The van der Waals surface area contributed by atoms with E-state index in [2.05, 4.69) is 66.8 Å². The fraction of sp³-hybridized carbons (Fsp3) is 0.500. The predicted octanol–water partition coefficient (Wildman–Crippen LogP) is 7.69. The maximum Gasteiger partial charge on any atom is 0.0340 e. The zero-order valence-electron chi connectivity index (χ0n) is 16.0. The van der Waals surface area contributed by atoms with Gasteiger partial charge in [0.05, 0.1) is 0 Å². The van der Waals surface area contributed by atoms with E-state index in [9.17, 15) is 0 Å². The van der Waals surface area contributed by atoms with Crippen LogP contribution in [0.2, 0.25) is 0 Å². The lowest BCUT2D eigenvalue weighted by Gasteiger charge is -2.08. The van der Waals surface area contributed by atoms with Crippen LogP contribution in [0.5, 0.6) is 0 Å². The molecule has 0 heterocycles. The van der Waals surface area contributed by atoms with E-state index in [0.29, 0.717) is 0 Å². The third kappa shape index (κ3) is 8.25. The van der Waals surface area contributed by atoms with Crippen molar-refractivity contribution in [3.8, 4) is 11.1 Å². The van der Waals surface area contributed by atoms with Crippen LogP contribution in [0.1, 0.15) is 71.1 Å². The second-order valence-corrected chi connectivity index (χ2v) is 7.05. The monoisotopic (exact) mass is 337 g/mol. The minimum absolute atomic E-state index is 1.08. The van der Waals surface area contributed by atoms with E-state index < -0.39 is 0 Å². The molecule has 0 radical (unpaired) electrons. The Morgan fingerprint density at radius 3 is 1.68 bits per heavy atom. The zero-order valence-corrected chi connectivity index (χ0v) is 16.0. The van der Waals surface area contributed by atoms with Crippen LogP contribution in [0.3, 0.4) is 0 Å². The summed E-state index contributed by atoms with van der Waals surface area (Å²) in [5.74, 6) is 0. The third-order valence-corrected chi connectivity index (χ3v) is 4.85. The highest BCUT2D eigenvalue weighted by molar-refractivity contribution is 5.65. The Morgan fingerprint density at radius 2 is 1.08 bits per heavy atom. The van der Waals surface area contributed by atoms with Crippen LogP contribution in [-0.4, -0.2) is 6.54 Å². The molecule has 0 aliphatic carbocycles. The van der Waals surface area contributed by atoms with Gasteiger partial charge in [0.2, 0.25) is 0 Å². The number of hydrogen-bond acceptors (Lipinski definition) is 1. The first-order chi connectivity index (χ1) is 12.4. The molecule has 0 aliphatic heterocycles. The van der Waals surface area contributed by atoms with Gasteiger partial charge in [0.1, 0.15) is 0 Å². The predicted molar refractivity (Wildman–Crippen MR) is 112 cm³/mol. The Morgan fingerprint density at radius 1 is 0.560 bits per heavy atom. The van der Waals surface area contributed by atoms with Crippen LogP contribution in [-0.2, 0) is 0 Å². The zero-order chi connectivity index (χ0) is 17.6. The van der Waals surface area contributed by atoms with Gasteiger partial charge in [0, 0.05) is 12.2 Å². The number of rotatable bonds is 13. The molecule has 2 aromatic carbocycles. The Balaban J connectivity index is 1.51. The molecule has 2 rings (SSSR count). The average Bonchev–Trinajstić information content (AvgIpc) is 2.67. The first-order valence-electron chi connectivity index (χ1n) is 10.3. The minimum Gasteiger partial charge on any atom is -0.385 e. The molecule has 0 unspecified atom stereocenters. The van der Waals surface area contributed by atoms with Crippen LogP contribution >= 0.6 is 0 Å². The molecule has 1 heteroatoms. The summed E-state index contributed by atoms with van der Waals surface area (Å²) < 4.78 is 0. The van der Waals surface area contributed by atoms with Gasteiger partial charge in [0.25, 0.3) is 0 Å². The molecule has 0 amide bonds. The maximum absolute atomic E-state index is 3.55. The summed E-state index contributed by atoms with van der Waals surface area (Å²) in [7, 11) is 0. The van der Waals surface area contributed by atoms with E-state index in [-0.39, 0.29) is 0 Å². The van der Waals surface area contributed by atoms with E-state index in [1.807, 2.05) is 0 Å². The summed E-state index contributed by atoms with van der Waals surface area (Å²) in [4.78, 5) is 0. The van der Waals surface area contributed by atoms with E-state index >= 15 is 0 Å². The third-order valence-electron chi connectivity index (χ3n) is 4.85. The van der Waals surface area contributed by atoms with Crippen molar-refractivity contribution in [3.63, 3.8) is 0 Å². The number of anilines is 1. The smallest absolute Gasteiger partial charge is 0.0340 e. The van der Waals surface area contributed by atoms with Gasteiger partial charge < -0.3 is 5.32 Å². The fourth-order valence-corrected chi connectivity index (χ4v) is 3.26. The van der Waals surface area contributed by atoms with E-state index in [0.717, 1.165) is 6.54 Å². The lowest BCUT2D eigenvalue weighted by molar-refractivity contribution is 0.560. The molecule has 2 aromatic rings. The molecular formula is C24H35N. The molecule has 0 atom stereocenters. The van der Waals surface area contributed by atoms with Crippen molar-refractivity contribution >= 4 is 5.69 Å². The molecular weight excluding hydrogens is 302 g/mol. The van der Waals surface area contributed by atoms with Crippen molar-refractivity contribution in [2.24, 2.45) is 0 Å². The van der Waals surface area contributed by atoms with Crippen molar-refractivity contribution in [2.75, 3.05) is 11.9 Å². The van der Waals surface area contributed by atoms with E-state index in [1.54, 1.807) is 0 Å². The van der Waals surface area contributed by atoms with Gasteiger partial charge in [-0.1, -0.05) is 107 Å². The van der Waals surface area contributed by atoms with Gasteiger partial charge in [-0.05, 0) is 29.7 Å². The molecule has 136 valence electrons. The Labute approximate surface area is 154 Å². The summed E-state index contributed by atoms with van der Waals surface area (Å²) in [5, 5.41) is 3.55. The summed E-state index contributed by atoms with van der Waals surface area (Å²) in [6.07, 6.45) is 13.9. The van der Waals surface area contributed by atoms with Crippen LogP contribution < -0.4 is 5.32 Å².